The Morgan fingerprint density at radius 2 is 1.89 bits per heavy atom. The van der Waals surface area contributed by atoms with Crippen LogP contribution in [0.4, 0.5) is 0 Å². The summed E-state index contributed by atoms with van der Waals surface area (Å²) in [4.78, 5) is 0. The third kappa shape index (κ3) is 2.06. The normalized spacial score (nSPS) is 16.4. The first kappa shape index (κ1) is 13.2. The zero-order valence-corrected chi connectivity index (χ0v) is 11.3. The van der Waals surface area contributed by atoms with Gasteiger partial charge in [0, 0.05) is 24.6 Å². The van der Waals surface area contributed by atoms with Gasteiger partial charge in [0.2, 0.25) is 0 Å². The van der Waals surface area contributed by atoms with Crippen LogP contribution in [0.15, 0.2) is 12.1 Å². The Balaban J connectivity index is 2.56. The zero-order valence-electron chi connectivity index (χ0n) is 11.3. The van der Waals surface area contributed by atoms with E-state index >= 15 is 0 Å². The van der Waals surface area contributed by atoms with E-state index in [9.17, 15) is 0 Å². The summed E-state index contributed by atoms with van der Waals surface area (Å²) in [6.07, 6.45) is 2.20. The van der Waals surface area contributed by atoms with Crippen molar-refractivity contribution in [1.82, 2.24) is 0 Å². The van der Waals surface area contributed by atoms with Gasteiger partial charge in [0.05, 0.1) is 20.8 Å². The molecule has 1 aliphatic carbocycles. The molecule has 2 rings (SSSR count). The molecule has 0 aromatic heterocycles. The minimum Gasteiger partial charge on any atom is -0.493 e. The van der Waals surface area contributed by atoms with Gasteiger partial charge in [-0.2, -0.15) is 0 Å². The summed E-state index contributed by atoms with van der Waals surface area (Å²) in [5.74, 6) is 1.56. The van der Waals surface area contributed by atoms with Crippen LogP contribution in [-0.2, 0) is 16.8 Å². The van der Waals surface area contributed by atoms with Crippen molar-refractivity contribution in [3.8, 4) is 11.5 Å². The third-order valence-electron chi connectivity index (χ3n) is 3.71. The largest absolute Gasteiger partial charge is 0.493 e. The van der Waals surface area contributed by atoms with Crippen LogP contribution in [0.1, 0.15) is 24.0 Å². The molecule has 0 spiro atoms. The first-order valence-corrected chi connectivity index (χ1v) is 6.15. The van der Waals surface area contributed by atoms with Crippen molar-refractivity contribution in [3.63, 3.8) is 0 Å². The SMILES string of the molecule is COCc1ccc(OC)c(OC)c1C1(CN)CC1. The number of rotatable bonds is 6. The average Bonchev–Trinajstić information content (AvgIpc) is 3.19. The molecule has 1 aromatic carbocycles. The standard InChI is InChI=1S/C14H21NO3/c1-16-8-10-4-5-11(17-2)13(18-3)12(10)14(9-15)6-7-14/h4-5H,6-9,15H2,1-3H3. The molecule has 1 fully saturated rings. The van der Waals surface area contributed by atoms with Crippen LogP contribution >= 0.6 is 0 Å². The number of benzene rings is 1. The van der Waals surface area contributed by atoms with Crippen LogP contribution in [0.25, 0.3) is 0 Å². The number of ether oxygens (including phenoxy) is 3. The number of nitrogens with two attached hydrogens (primary N) is 1. The Morgan fingerprint density at radius 3 is 2.33 bits per heavy atom. The van der Waals surface area contributed by atoms with Crippen LogP contribution in [-0.4, -0.2) is 27.9 Å². The van der Waals surface area contributed by atoms with Crippen molar-refractivity contribution in [1.29, 1.82) is 0 Å². The van der Waals surface area contributed by atoms with Gasteiger partial charge in [0.25, 0.3) is 0 Å². The Hall–Kier alpha value is -1.26. The molecular weight excluding hydrogens is 230 g/mol. The lowest BCUT2D eigenvalue weighted by Crippen LogP contribution is -2.22. The fourth-order valence-corrected chi connectivity index (χ4v) is 2.53. The van der Waals surface area contributed by atoms with E-state index in [1.54, 1.807) is 21.3 Å². The summed E-state index contributed by atoms with van der Waals surface area (Å²) in [6.45, 7) is 1.20. The maximum Gasteiger partial charge on any atom is 0.164 e. The van der Waals surface area contributed by atoms with E-state index in [0.29, 0.717) is 13.2 Å². The molecule has 2 N–H and O–H groups in total. The van der Waals surface area contributed by atoms with Crippen molar-refractivity contribution in [2.75, 3.05) is 27.9 Å². The Kier molecular flexibility index (Phi) is 3.78. The van der Waals surface area contributed by atoms with Crippen molar-refractivity contribution >= 4 is 0 Å². The lowest BCUT2D eigenvalue weighted by atomic mass is 9.90. The topological polar surface area (TPSA) is 53.7 Å². The fraction of sp³-hybridized carbons (Fsp3) is 0.571. The number of hydrogen-bond donors (Lipinski definition) is 1. The highest BCUT2D eigenvalue weighted by atomic mass is 16.5. The van der Waals surface area contributed by atoms with E-state index in [4.69, 9.17) is 19.9 Å². The molecule has 1 saturated carbocycles. The molecule has 4 heteroatoms. The van der Waals surface area contributed by atoms with Crippen molar-refractivity contribution in [2.24, 2.45) is 5.73 Å². The van der Waals surface area contributed by atoms with Gasteiger partial charge >= 0.3 is 0 Å². The lowest BCUT2D eigenvalue weighted by Gasteiger charge is -2.22. The van der Waals surface area contributed by atoms with Gasteiger partial charge in [-0.15, -0.1) is 0 Å². The van der Waals surface area contributed by atoms with Gasteiger partial charge in [0.15, 0.2) is 11.5 Å². The maximum atomic E-state index is 5.94. The highest BCUT2D eigenvalue weighted by molar-refractivity contribution is 5.56. The van der Waals surface area contributed by atoms with Crippen LogP contribution in [0.5, 0.6) is 11.5 Å². The molecule has 1 aliphatic rings. The molecule has 0 amide bonds. The van der Waals surface area contributed by atoms with Crippen LogP contribution in [0.3, 0.4) is 0 Å². The Labute approximate surface area is 108 Å². The minimum atomic E-state index is 0.0494. The van der Waals surface area contributed by atoms with Crippen LogP contribution in [0, 0.1) is 0 Å². The zero-order chi connectivity index (χ0) is 13.2. The minimum absolute atomic E-state index is 0.0494. The predicted octanol–water partition coefficient (Wildman–Crippen LogP) is 1.84. The summed E-state index contributed by atoms with van der Waals surface area (Å²) < 4.78 is 16.2. The first-order chi connectivity index (χ1) is 8.72. The fourth-order valence-electron chi connectivity index (χ4n) is 2.53. The molecule has 18 heavy (non-hydrogen) atoms. The van der Waals surface area contributed by atoms with Crippen molar-refractivity contribution in [3.05, 3.63) is 23.3 Å². The summed E-state index contributed by atoms with van der Waals surface area (Å²) in [5.41, 5.74) is 8.29. The summed E-state index contributed by atoms with van der Waals surface area (Å²) in [6, 6.07) is 3.96. The molecule has 0 heterocycles. The maximum absolute atomic E-state index is 5.94. The molecule has 0 bridgehead atoms. The summed E-state index contributed by atoms with van der Waals surface area (Å²) in [5, 5.41) is 0. The third-order valence-corrected chi connectivity index (χ3v) is 3.71. The van der Waals surface area contributed by atoms with Gasteiger partial charge in [-0.25, -0.2) is 0 Å². The molecule has 0 radical (unpaired) electrons. The number of methoxy groups -OCH3 is 3. The van der Waals surface area contributed by atoms with Crippen molar-refractivity contribution < 1.29 is 14.2 Å². The first-order valence-electron chi connectivity index (χ1n) is 6.15. The highest BCUT2D eigenvalue weighted by Crippen LogP contribution is 2.54. The second-order valence-electron chi connectivity index (χ2n) is 4.75. The second kappa shape index (κ2) is 5.16. The lowest BCUT2D eigenvalue weighted by molar-refractivity contribution is 0.183. The quantitative estimate of drug-likeness (QED) is 0.838. The highest BCUT2D eigenvalue weighted by Gasteiger charge is 2.47. The van der Waals surface area contributed by atoms with Gasteiger partial charge in [-0.05, 0) is 24.5 Å². The molecular formula is C14H21NO3. The van der Waals surface area contributed by atoms with Crippen LogP contribution in [0.2, 0.25) is 0 Å². The molecule has 0 atom stereocenters. The van der Waals surface area contributed by atoms with E-state index in [1.165, 1.54) is 0 Å². The van der Waals surface area contributed by atoms with E-state index in [-0.39, 0.29) is 5.41 Å². The molecule has 100 valence electrons. The number of hydrogen-bond acceptors (Lipinski definition) is 4. The monoisotopic (exact) mass is 251 g/mol. The molecule has 0 saturated heterocycles. The summed E-state index contributed by atoms with van der Waals surface area (Å²) in [7, 11) is 5.02. The van der Waals surface area contributed by atoms with Crippen LogP contribution < -0.4 is 15.2 Å². The van der Waals surface area contributed by atoms with Crippen molar-refractivity contribution in [2.45, 2.75) is 24.9 Å². The van der Waals surface area contributed by atoms with E-state index < -0.39 is 0 Å². The van der Waals surface area contributed by atoms with Gasteiger partial charge in [-0.3, -0.25) is 0 Å². The molecule has 0 unspecified atom stereocenters. The second-order valence-corrected chi connectivity index (χ2v) is 4.75. The van der Waals surface area contributed by atoms with E-state index in [0.717, 1.165) is 35.5 Å². The molecule has 1 aromatic rings. The molecule has 4 nitrogen and oxygen atoms in total. The average molecular weight is 251 g/mol. The van der Waals surface area contributed by atoms with Gasteiger partial charge in [-0.1, -0.05) is 6.07 Å². The van der Waals surface area contributed by atoms with E-state index in [2.05, 4.69) is 0 Å². The molecule has 0 aliphatic heterocycles. The Bertz CT molecular complexity index is 427. The van der Waals surface area contributed by atoms with Gasteiger partial charge < -0.3 is 19.9 Å². The smallest absolute Gasteiger partial charge is 0.164 e. The predicted molar refractivity (Wildman–Crippen MR) is 70.2 cm³/mol. The van der Waals surface area contributed by atoms with Gasteiger partial charge in [0.1, 0.15) is 0 Å². The summed E-state index contributed by atoms with van der Waals surface area (Å²) >= 11 is 0. The Morgan fingerprint density at radius 1 is 1.17 bits per heavy atom. The van der Waals surface area contributed by atoms with E-state index in [1.807, 2.05) is 12.1 Å².